The summed E-state index contributed by atoms with van der Waals surface area (Å²) >= 11 is 0. The van der Waals surface area contributed by atoms with E-state index in [0.29, 0.717) is 0 Å². The van der Waals surface area contributed by atoms with Gasteiger partial charge in [0.05, 0.1) is 83.1 Å². The van der Waals surface area contributed by atoms with Gasteiger partial charge in [0, 0.05) is 186 Å². The van der Waals surface area contributed by atoms with Gasteiger partial charge in [-0.1, -0.05) is 369 Å². The number of rotatable bonds is 5. The Kier molecular flexibility index (Phi) is 18.1. The Bertz CT molecular complexity index is 11000. The van der Waals surface area contributed by atoms with Crippen LogP contribution in [0.3, 0.4) is 0 Å². The zero-order valence-corrected chi connectivity index (χ0v) is 84.2. The van der Waals surface area contributed by atoms with Gasteiger partial charge in [0.2, 0.25) is 0 Å². The number of hydrogen-bond acceptors (Lipinski definition) is 0. The quantitative estimate of drug-likeness (QED) is 0.165. The Morgan fingerprint density at radius 2 is 0.426 bits per heavy atom. The standard InChI is InChI=1S/C37H25N3.3C34H26N2/c1-38-31-18-8-5-14-25(31)29-22-23-30-27-16-7-10-20-33(27)40(37(30)36(29)38)34-21-11-17-28-26-15-6-9-19-32(26)39(35(28)34)24-12-3-2-4-13-24;1-34(2)26-14-7-4-11-21(26)23-19-20-24-22-12-5-9-16-28(22)36(33(24)32(23)34)30-18-10-17-29-31(30)25-13-6-8-15-27(25)35(29)3;1-34(2)28-13-7-4-10-22(28)25-17-18-26-23-11-6-9-15-31(23)36(33(26)32(25)34)21-16-19-30-27(20-21)24-12-5-8-14-29(24)35(30)3;1-34(2)28-13-7-4-10-22(28)26-18-19-27-24-12-6-9-15-30(24)36(33(27)32(26)34)21-16-17-25-23-11-5-8-14-29(23)35(3)31(25)20-21/h2-23H,1H3;3*4-20H,1-3H3. The molecule has 0 N–H and O–H groups in total. The highest BCUT2D eigenvalue weighted by molar-refractivity contribution is 6.26. The SMILES string of the molecule is Cn1c2ccccc2c2c(-n3c4ccccc4c4ccc5c(c43)C(C)(C)c3ccccc3-5)cccc21.Cn1c2ccccc2c2cc(-n3c4ccccc4c4ccc5c(c43)C(C)(C)c3ccccc3-5)ccc21.Cn1c2ccccc2c2ccc(-n3c4ccccc4c4ccc5c(c43)C(C)(C)c3ccccc3-5)cc21.Cn1c2ccccc2c2ccc3c4ccccc4n(-c4cccc5c6ccccc6n(-c6ccccc6)c45)c3c21. The molecular formula is C139H103N9. The van der Waals surface area contributed by atoms with Crippen LogP contribution in [0.15, 0.2) is 443 Å². The molecular weight excluding hydrogens is 1800 g/mol. The minimum Gasteiger partial charge on any atom is -0.344 e. The maximum atomic E-state index is 2.55. The Morgan fingerprint density at radius 1 is 0.149 bits per heavy atom. The van der Waals surface area contributed by atoms with Gasteiger partial charge in [0.25, 0.3) is 0 Å². The molecule has 3 aliphatic carbocycles. The van der Waals surface area contributed by atoms with Crippen molar-refractivity contribution in [2.75, 3.05) is 0 Å². The number of hydrogen-bond donors (Lipinski definition) is 0. The maximum Gasteiger partial charge on any atom is 0.0785 e. The average molecular weight is 1900 g/mol. The molecule has 704 valence electrons. The van der Waals surface area contributed by atoms with Crippen LogP contribution in [0, 0.1) is 0 Å². The van der Waals surface area contributed by atoms with Crippen molar-refractivity contribution in [1.29, 1.82) is 0 Å². The lowest BCUT2D eigenvalue weighted by molar-refractivity contribution is 0.663. The topological polar surface area (TPSA) is 44.4 Å². The van der Waals surface area contributed by atoms with Crippen molar-refractivity contribution >= 4 is 196 Å². The molecule has 30 aromatic rings. The van der Waals surface area contributed by atoms with E-state index in [4.69, 9.17) is 0 Å². The monoisotopic (exact) mass is 1900 g/mol. The second-order valence-corrected chi connectivity index (χ2v) is 42.7. The summed E-state index contributed by atoms with van der Waals surface area (Å²) < 4.78 is 21.8. The van der Waals surface area contributed by atoms with E-state index < -0.39 is 0 Å². The summed E-state index contributed by atoms with van der Waals surface area (Å²) in [5.74, 6) is 0. The van der Waals surface area contributed by atoms with Gasteiger partial charge in [0.15, 0.2) is 0 Å². The number of benzene rings is 21. The Labute approximate surface area is 855 Å². The molecule has 0 unspecified atom stereocenters. The van der Waals surface area contributed by atoms with Gasteiger partial charge in [-0.05, 0) is 182 Å². The number of nitrogens with zero attached hydrogens (tertiary/aromatic N) is 9. The molecule has 0 spiro atoms. The highest BCUT2D eigenvalue weighted by atomic mass is 15.1. The van der Waals surface area contributed by atoms with Crippen molar-refractivity contribution in [3.8, 4) is 61.8 Å². The van der Waals surface area contributed by atoms with Gasteiger partial charge >= 0.3 is 0 Å². The zero-order valence-electron chi connectivity index (χ0n) is 84.2. The van der Waals surface area contributed by atoms with Crippen molar-refractivity contribution in [2.45, 2.75) is 57.8 Å². The molecule has 0 bridgehead atoms. The lowest BCUT2D eigenvalue weighted by Crippen LogP contribution is -2.16. The molecule has 0 amide bonds. The summed E-state index contributed by atoms with van der Waals surface area (Å²) in [4.78, 5) is 0. The first-order valence-corrected chi connectivity index (χ1v) is 51.9. The lowest BCUT2D eigenvalue weighted by atomic mass is 9.81. The summed E-state index contributed by atoms with van der Waals surface area (Å²) in [5, 5.41) is 23.3. The van der Waals surface area contributed by atoms with Crippen LogP contribution in [-0.2, 0) is 44.4 Å². The molecule has 0 fully saturated rings. The molecule has 0 aliphatic heterocycles. The Hall–Kier alpha value is -18.2. The van der Waals surface area contributed by atoms with Crippen LogP contribution in [0.2, 0.25) is 0 Å². The summed E-state index contributed by atoms with van der Waals surface area (Å²) in [7, 11) is 8.72. The molecule has 9 heteroatoms. The molecule has 33 rings (SSSR count). The van der Waals surface area contributed by atoms with Gasteiger partial charge < -0.3 is 41.1 Å². The fourth-order valence-corrected chi connectivity index (χ4v) is 27.7. The lowest BCUT2D eigenvalue weighted by Gasteiger charge is -2.24. The molecule has 3 aliphatic rings. The van der Waals surface area contributed by atoms with Crippen LogP contribution in [0.5, 0.6) is 0 Å². The second kappa shape index (κ2) is 31.4. The third-order valence-electron chi connectivity index (χ3n) is 34.2. The third kappa shape index (κ3) is 11.7. The Morgan fingerprint density at radius 3 is 0.905 bits per heavy atom. The smallest absolute Gasteiger partial charge is 0.0785 e. The number of para-hydroxylation sites is 11. The predicted octanol–water partition coefficient (Wildman–Crippen LogP) is 35.7. The van der Waals surface area contributed by atoms with Crippen molar-refractivity contribution in [3.05, 3.63) is 476 Å². The summed E-state index contributed by atoms with van der Waals surface area (Å²) in [6.45, 7) is 14.3. The summed E-state index contributed by atoms with van der Waals surface area (Å²) in [6, 6.07) is 163. The Balaban J connectivity index is 0.0000000911. The molecule has 0 atom stereocenters. The van der Waals surface area contributed by atoms with Gasteiger partial charge in [0.1, 0.15) is 0 Å². The van der Waals surface area contributed by atoms with E-state index >= 15 is 0 Å². The van der Waals surface area contributed by atoms with E-state index in [1.165, 1.54) is 286 Å². The second-order valence-electron chi connectivity index (χ2n) is 42.7. The van der Waals surface area contributed by atoms with Crippen molar-refractivity contribution in [2.24, 2.45) is 28.2 Å². The van der Waals surface area contributed by atoms with Gasteiger partial charge in [-0.3, -0.25) is 0 Å². The molecule has 0 saturated carbocycles. The molecule has 9 aromatic heterocycles. The summed E-state index contributed by atoms with van der Waals surface area (Å²) in [6.07, 6.45) is 0. The molecule has 9 nitrogen and oxygen atoms in total. The van der Waals surface area contributed by atoms with Gasteiger partial charge in [-0.25, -0.2) is 0 Å². The number of aryl methyl sites for hydroxylation is 4. The van der Waals surface area contributed by atoms with Crippen molar-refractivity contribution in [1.82, 2.24) is 41.1 Å². The van der Waals surface area contributed by atoms with Gasteiger partial charge in [-0.2, -0.15) is 0 Å². The van der Waals surface area contributed by atoms with Crippen LogP contribution in [0.1, 0.15) is 74.9 Å². The third-order valence-corrected chi connectivity index (χ3v) is 34.2. The van der Waals surface area contributed by atoms with E-state index in [1.807, 2.05) is 0 Å². The largest absolute Gasteiger partial charge is 0.344 e. The van der Waals surface area contributed by atoms with Crippen LogP contribution < -0.4 is 0 Å². The minimum atomic E-state index is -0.0930. The molecule has 0 saturated heterocycles. The van der Waals surface area contributed by atoms with Crippen LogP contribution in [0.25, 0.3) is 258 Å². The van der Waals surface area contributed by atoms with E-state index in [-0.39, 0.29) is 16.2 Å². The minimum absolute atomic E-state index is 0.0820. The first kappa shape index (κ1) is 85.4. The first-order chi connectivity index (χ1) is 72.5. The maximum absolute atomic E-state index is 2.55. The highest BCUT2D eigenvalue weighted by Crippen LogP contribution is 2.59. The molecule has 21 aromatic carbocycles. The molecule has 9 heterocycles. The van der Waals surface area contributed by atoms with E-state index in [0.717, 1.165) is 5.69 Å². The van der Waals surface area contributed by atoms with E-state index in [9.17, 15) is 0 Å². The van der Waals surface area contributed by atoms with Crippen molar-refractivity contribution in [3.63, 3.8) is 0 Å². The number of aromatic nitrogens is 9. The average Bonchev–Trinajstić information content (AvgIpc) is 1.51. The van der Waals surface area contributed by atoms with E-state index in [2.05, 4.69) is 554 Å². The number of fused-ring (bicyclic) bond motifs is 40. The molecule has 0 radical (unpaired) electrons. The van der Waals surface area contributed by atoms with Crippen LogP contribution in [0.4, 0.5) is 0 Å². The zero-order chi connectivity index (χ0) is 98.9. The van der Waals surface area contributed by atoms with Crippen molar-refractivity contribution < 1.29 is 0 Å². The molecule has 148 heavy (non-hydrogen) atoms. The van der Waals surface area contributed by atoms with E-state index in [1.54, 1.807) is 0 Å². The normalized spacial score (nSPS) is 13.6. The van der Waals surface area contributed by atoms with Crippen LogP contribution in [-0.4, -0.2) is 41.1 Å². The predicted molar refractivity (Wildman–Crippen MR) is 626 cm³/mol. The van der Waals surface area contributed by atoms with Crippen LogP contribution >= 0.6 is 0 Å². The fourth-order valence-electron chi connectivity index (χ4n) is 27.7. The van der Waals surface area contributed by atoms with Gasteiger partial charge in [-0.15, -0.1) is 0 Å². The fraction of sp³-hybridized carbons (Fsp3) is 0.0935. The first-order valence-electron chi connectivity index (χ1n) is 51.9. The highest BCUT2D eigenvalue weighted by Gasteiger charge is 2.43. The summed E-state index contributed by atoms with van der Waals surface area (Å²) in [5.41, 5.74) is 45.2.